The lowest BCUT2D eigenvalue weighted by Crippen LogP contribution is -2.33. The first-order valence-corrected chi connectivity index (χ1v) is 11.5. The molecule has 2 unspecified atom stereocenters. The predicted molar refractivity (Wildman–Crippen MR) is 132 cm³/mol. The number of aromatic nitrogens is 2. The average Bonchev–Trinajstić information content (AvgIpc) is 3.41. The van der Waals surface area contributed by atoms with E-state index in [2.05, 4.69) is 9.97 Å². The Morgan fingerprint density at radius 2 is 1.89 bits per heavy atom. The Hall–Kier alpha value is -4.23. The number of rotatable bonds is 7. The van der Waals surface area contributed by atoms with Gasteiger partial charge in [0, 0.05) is 41.6 Å². The highest BCUT2D eigenvalue weighted by Gasteiger charge is 2.43. The van der Waals surface area contributed by atoms with Crippen molar-refractivity contribution < 1.29 is 19.8 Å². The molecular weight excluding hydrogens is 442 g/mol. The molecule has 2 aromatic heterocycles. The number of pyridine rings is 1. The molecule has 4 aromatic rings. The molecule has 0 saturated heterocycles. The third-order valence-electron chi connectivity index (χ3n) is 6.50. The van der Waals surface area contributed by atoms with Crippen LogP contribution in [0.4, 0.5) is 0 Å². The first-order chi connectivity index (χ1) is 17.0. The average molecular weight is 468 g/mol. The number of nitrogens with one attached hydrogen (secondary N) is 1. The summed E-state index contributed by atoms with van der Waals surface area (Å²) in [6, 6.07) is 17.5. The summed E-state index contributed by atoms with van der Waals surface area (Å²) >= 11 is 0. The lowest BCUT2D eigenvalue weighted by atomic mass is 9.92. The number of carbonyl (C=O) groups excluding carboxylic acids is 2. The van der Waals surface area contributed by atoms with Crippen LogP contribution >= 0.6 is 0 Å². The van der Waals surface area contributed by atoms with Gasteiger partial charge < -0.3 is 20.1 Å². The molecular formula is C28H25N3O4. The zero-order valence-corrected chi connectivity index (χ0v) is 19.2. The number of hydrogen-bond acceptors (Lipinski definition) is 5. The summed E-state index contributed by atoms with van der Waals surface area (Å²) in [5.41, 5.74) is 3.78. The standard InChI is InChI=1S/C28H25N3O4/c1-17(32)18-8-10-19(11-9-18)25-24(26(33)21-5-4-13-29-15-21)27(34)28(35)31(25)14-12-20-16-30-23-7-3-2-6-22(20)23/h2-11,13,15-17,25,30,32,34H,12,14H2,1H3. The smallest absolute Gasteiger partial charge is 0.290 e. The summed E-state index contributed by atoms with van der Waals surface area (Å²) in [6.07, 6.45) is 4.80. The molecule has 0 fully saturated rings. The van der Waals surface area contributed by atoms with E-state index in [1.54, 1.807) is 49.5 Å². The first kappa shape index (κ1) is 22.6. The van der Waals surface area contributed by atoms with Gasteiger partial charge in [0.05, 0.1) is 17.7 Å². The molecule has 0 aliphatic carbocycles. The van der Waals surface area contributed by atoms with E-state index in [9.17, 15) is 19.8 Å². The van der Waals surface area contributed by atoms with Gasteiger partial charge in [-0.2, -0.15) is 0 Å². The number of aliphatic hydroxyl groups is 2. The molecule has 5 rings (SSSR count). The Morgan fingerprint density at radius 1 is 1.11 bits per heavy atom. The number of ketones is 1. The van der Waals surface area contributed by atoms with Gasteiger partial charge in [0.1, 0.15) is 0 Å². The van der Waals surface area contributed by atoms with Crippen LogP contribution in [0.15, 0.2) is 90.6 Å². The maximum Gasteiger partial charge on any atom is 0.290 e. The van der Waals surface area contributed by atoms with Crippen LogP contribution in [0.5, 0.6) is 0 Å². The number of benzene rings is 2. The Morgan fingerprint density at radius 3 is 2.60 bits per heavy atom. The lowest BCUT2D eigenvalue weighted by Gasteiger charge is -2.27. The topological polar surface area (TPSA) is 107 Å². The van der Waals surface area contributed by atoms with E-state index in [1.807, 2.05) is 30.5 Å². The van der Waals surface area contributed by atoms with Gasteiger partial charge in [-0.05, 0) is 48.2 Å². The van der Waals surface area contributed by atoms with Gasteiger partial charge in [-0.15, -0.1) is 0 Å². The summed E-state index contributed by atoms with van der Waals surface area (Å²) < 4.78 is 0. The van der Waals surface area contributed by atoms with Crippen molar-refractivity contribution >= 4 is 22.6 Å². The Kier molecular flexibility index (Phi) is 5.93. The molecule has 2 aromatic carbocycles. The van der Waals surface area contributed by atoms with E-state index in [0.717, 1.165) is 22.0 Å². The van der Waals surface area contributed by atoms with Gasteiger partial charge in [0.25, 0.3) is 5.91 Å². The molecule has 35 heavy (non-hydrogen) atoms. The number of H-pyrrole nitrogens is 1. The minimum Gasteiger partial charge on any atom is -0.503 e. The highest BCUT2D eigenvalue weighted by Crippen LogP contribution is 2.39. The summed E-state index contributed by atoms with van der Waals surface area (Å²) in [5, 5.41) is 21.8. The highest BCUT2D eigenvalue weighted by atomic mass is 16.3. The van der Waals surface area contributed by atoms with Crippen LogP contribution in [0.1, 0.15) is 46.1 Å². The van der Waals surface area contributed by atoms with Crippen molar-refractivity contribution in [2.45, 2.75) is 25.5 Å². The molecule has 1 amide bonds. The number of aliphatic hydroxyl groups excluding tert-OH is 2. The van der Waals surface area contributed by atoms with Crippen LogP contribution < -0.4 is 0 Å². The Labute approximate surface area is 202 Å². The molecule has 0 radical (unpaired) electrons. The molecule has 0 spiro atoms. The molecule has 1 aliphatic rings. The van der Waals surface area contributed by atoms with Crippen molar-refractivity contribution in [1.82, 2.24) is 14.9 Å². The maximum absolute atomic E-state index is 13.4. The third kappa shape index (κ3) is 4.11. The van der Waals surface area contributed by atoms with Gasteiger partial charge in [0.2, 0.25) is 0 Å². The van der Waals surface area contributed by atoms with Crippen LogP contribution in [0.25, 0.3) is 10.9 Å². The van der Waals surface area contributed by atoms with Gasteiger partial charge in [0.15, 0.2) is 11.5 Å². The lowest BCUT2D eigenvalue weighted by molar-refractivity contribution is -0.129. The van der Waals surface area contributed by atoms with Gasteiger partial charge in [-0.3, -0.25) is 14.6 Å². The van der Waals surface area contributed by atoms with Crippen LogP contribution in [0.2, 0.25) is 0 Å². The summed E-state index contributed by atoms with van der Waals surface area (Å²) in [6.45, 7) is 1.97. The van der Waals surface area contributed by atoms with Crippen molar-refractivity contribution in [3.63, 3.8) is 0 Å². The largest absolute Gasteiger partial charge is 0.503 e. The second-order valence-electron chi connectivity index (χ2n) is 8.69. The minimum atomic E-state index is -0.761. The van der Waals surface area contributed by atoms with Crippen LogP contribution in [-0.2, 0) is 11.2 Å². The number of carbonyl (C=O) groups is 2. The number of para-hydroxylation sites is 1. The number of nitrogens with zero attached hydrogens (tertiary/aromatic N) is 2. The second-order valence-corrected chi connectivity index (χ2v) is 8.69. The number of aromatic amines is 1. The van der Waals surface area contributed by atoms with Crippen molar-refractivity contribution in [2.24, 2.45) is 0 Å². The minimum absolute atomic E-state index is 0.0340. The number of amides is 1. The molecule has 176 valence electrons. The van der Waals surface area contributed by atoms with E-state index in [4.69, 9.17) is 0 Å². The number of hydrogen-bond donors (Lipinski definition) is 3. The van der Waals surface area contributed by atoms with Crippen LogP contribution in [-0.4, -0.2) is 43.3 Å². The quantitative estimate of drug-likeness (QED) is 0.349. The van der Waals surface area contributed by atoms with Crippen LogP contribution in [0, 0.1) is 0 Å². The number of fused-ring (bicyclic) bond motifs is 1. The zero-order chi connectivity index (χ0) is 24.5. The fourth-order valence-corrected chi connectivity index (χ4v) is 4.65. The summed E-state index contributed by atoms with van der Waals surface area (Å²) in [4.78, 5) is 35.5. The molecule has 2 atom stereocenters. The van der Waals surface area contributed by atoms with Crippen molar-refractivity contribution in [1.29, 1.82) is 0 Å². The first-order valence-electron chi connectivity index (χ1n) is 11.5. The molecule has 1 aliphatic heterocycles. The normalized spacial score (nSPS) is 16.8. The van der Waals surface area contributed by atoms with Crippen molar-refractivity contribution in [2.75, 3.05) is 6.54 Å². The molecule has 7 nitrogen and oxygen atoms in total. The van der Waals surface area contributed by atoms with Gasteiger partial charge in [-0.25, -0.2) is 0 Å². The molecule has 0 saturated carbocycles. The van der Waals surface area contributed by atoms with Crippen molar-refractivity contribution in [3.05, 3.63) is 113 Å². The van der Waals surface area contributed by atoms with Crippen molar-refractivity contribution in [3.8, 4) is 0 Å². The molecule has 3 heterocycles. The number of Topliss-reactive ketones (excluding diaryl/α,β-unsaturated/α-hetero) is 1. The zero-order valence-electron chi connectivity index (χ0n) is 19.2. The molecule has 7 heteroatoms. The van der Waals surface area contributed by atoms with E-state index >= 15 is 0 Å². The summed E-state index contributed by atoms with van der Waals surface area (Å²) in [5.74, 6) is -1.56. The van der Waals surface area contributed by atoms with Gasteiger partial charge in [-0.1, -0.05) is 42.5 Å². The van der Waals surface area contributed by atoms with E-state index in [-0.39, 0.29) is 5.57 Å². The monoisotopic (exact) mass is 467 g/mol. The SMILES string of the molecule is CC(O)c1ccc(C2C(C(=O)c3cccnc3)=C(O)C(=O)N2CCc2c[nH]c3ccccc23)cc1. The van der Waals surface area contributed by atoms with Crippen LogP contribution in [0.3, 0.4) is 0 Å². The summed E-state index contributed by atoms with van der Waals surface area (Å²) in [7, 11) is 0. The highest BCUT2D eigenvalue weighted by molar-refractivity contribution is 6.16. The third-order valence-corrected chi connectivity index (χ3v) is 6.50. The fourth-order valence-electron chi connectivity index (χ4n) is 4.65. The maximum atomic E-state index is 13.4. The fraction of sp³-hybridized carbons (Fsp3) is 0.179. The second kappa shape index (κ2) is 9.19. The van der Waals surface area contributed by atoms with E-state index in [1.165, 1.54) is 11.1 Å². The Balaban J connectivity index is 1.52. The van der Waals surface area contributed by atoms with E-state index < -0.39 is 29.6 Å². The molecule has 3 N–H and O–H groups in total. The molecule has 0 bridgehead atoms. The Bertz CT molecular complexity index is 1420. The van der Waals surface area contributed by atoms with E-state index in [0.29, 0.717) is 24.1 Å². The predicted octanol–water partition coefficient (Wildman–Crippen LogP) is 4.44. The van der Waals surface area contributed by atoms with Gasteiger partial charge >= 0.3 is 0 Å².